The number of sulfone groups is 1. The van der Waals surface area contributed by atoms with Gasteiger partial charge < -0.3 is 25.4 Å². The molecule has 0 radical (unpaired) electrons. The van der Waals surface area contributed by atoms with Gasteiger partial charge in [0.1, 0.15) is 10.6 Å². The molecule has 2 heterocycles. The fourth-order valence-electron chi connectivity index (χ4n) is 4.73. The quantitative estimate of drug-likeness (QED) is 0.510. The Morgan fingerprint density at radius 1 is 1.14 bits per heavy atom. The SMILES string of the molecule is CC(C)(CO)NC(=O)Nc1ccc(-c2nc(N3CCOCC3)cc(C3(S(C)(=O)=O)CCCC3)n2)cc1. The van der Waals surface area contributed by atoms with E-state index in [1.165, 1.54) is 6.26 Å². The number of anilines is 2. The smallest absolute Gasteiger partial charge is 0.319 e. The number of nitrogens with zero attached hydrogens (tertiary/aromatic N) is 3. The molecule has 2 amide bonds. The van der Waals surface area contributed by atoms with Crippen LogP contribution in [0.1, 0.15) is 45.2 Å². The van der Waals surface area contributed by atoms with E-state index >= 15 is 0 Å². The maximum absolute atomic E-state index is 13.0. The molecule has 3 N–H and O–H groups in total. The third-order valence-corrected chi connectivity index (χ3v) is 8.92. The number of ether oxygens (including phenoxy) is 1. The standard InChI is InChI=1S/C25H35N5O5S/c1-24(2,17-31)29-23(32)26-19-8-6-18(7-9-19)22-27-20(25(36(3,33)34)10-4-5-11-25)16-21(28-22)30-12-14-35-15-13-30/h6-9,16,31H,4-5,10-15,17H2,1-3H3,(H2,26,29,32). The first kappa shape index (κ1) is 26.3. The van der Waals surface area contributed by atoms with Crippen LogP contribution in [0.25, 0.3) is 11.4 Å². The molecule has 36 heavy (non-hydrogen) atoms. The van der Waals surface area contributed by atoms with E-state index in [9.17, 15) is 18.3 Å². The van der Waals surface area contributed by atoms with E-state index in [1.807, 2.05) is 6.07 Å². The van der Waals surface area contributed by atoms with Crippen molar-refractivity contribution in [1.29, 1.82) is 0 Å². The van der Waals surface area contributed by atoms with Crippen molar-refractivity contribution in [3.05, 3.63) is 36.0 Å². The van der Waals surface area contributed by atoms with Gasteiger partial charge in [0.05, 0.1) is 31.1 Å². The fraction of sp³-hybridized carbons (Fsp3) is 0.560. The number of aliphatic hydroxyl groups is 1. The Kier molecular flexibility index (Phi) is 7.53. The maximum atomic E-state index is 13.0. The maximum Gasteiger partial charge on any atom is 0.319 e. The molecule has 1 aromatic carbocycles. The summed E-state index contributed by atoms with van der Waals surface area (Å²) in [6.07, 6.45) is 4.09. The van der Waals surface area contributed by atoms with Gasteiger partial charge in [-0.15, -0.1) is 0 Å². The molecule has 1 saturated carbocycles. The summed E-state index contributed by atoms with van der Waals surface area (Å²) in [5.41, 5.74) is 1.08. The van der Waals surface area contributed by atoms with E-state index in [-0.39, 0.29) is 6.61 Å². The topological polar surface area (TPSA) is 134 Å². The lowest BCUT2D eigenvalue weighted by atomic mass is 10.0. The molecule has 1 aliphatic heterocycles. The first-order valence-electron chi connectivity index (χ1n) is 12.3. The summed E-state index contributed by atoms with van der Waals surface area (Å²) in [5.74, 6) is 1.14. The first-order valence-corrected chi connectivity index (χ1v) is 14.1. The second kappa shape index (κ2) is 10.3. The van der Waals surface area contributed by atoms with Gasteiger partial charge in [-0.25, -0.2) is 23.2 Å². The molecule has 1 aliphatic carbocycles. The normalized spacial score (nSPS) is 18.2. The molecule has 2 aromatic rings. The van der Waals surface area contributed by atoms with Crippen molar-refractivity contribution in [3.8, 4) is 11.4 Å². The number of morpholine rings is 1. The molecular formula is C25H35N5O5S. The Balaban J connectivity index is 1.68. The third kappa shape index (κ3) is 5.63. The van der Waals surface area contributed by atoms with Gasteiger partial charge in [-0.05, 0) is 51.0 Å². The van der Waals surface area contributed by atoms with Crippen LogP contribution in [0, 0.1) is 0 Å². The molecule has 196 valence electrons. The van der Waals surface area contributed by atoms with Crippen LogP contribution in [-0.2, 0) is 19.3 Å². The highest BCUT2D eigenvalue weighted by Crippen LogP contribution is 2.45. The highest BCUT2D eigenvalue weighted by molar-refractivity contribution is 7.91. The number of carbonyl (C=O) groups excluding carboxylic acids is 1. The van der Waals surface area contributed by atoms with Crippen LogP contribution in [0.2, 0.25) is 0 Å². The average molecular weight is 518 g/mol. The molecule has 1 aromatic heterocycles. The average Bonchev–Trinajstić information content (AvgIpc) is 3.36. The van der Waals surface area contributed by atoms with Crippen LogP contribution < -0.4 is 15.5 Å². The molecule has 11 heteroatoms. The van der Waals surface area contributed by atoms with E-state index in [1.54, 1.807) is 38.1 Å². The van der Waals surface area contributed by atoms with Gasteiger partial charge in [0.15, 0.2) is 15.7 Å². The minimum absolute atomic E-state index is 0.187. The molecule has 0 spiro atoms. The second-order valence-electron chi connectivity index (χ2n) is 10.2. The predicted molar refractivity (Wildman–Crippen MR) is 139 cm³/mol. The number of hydrogen-bond donors (Lipinski definition) is 3. The predicted octanol–water partition coefficient (Wildman–Crippen LogP) is 2.69. The molecule has 0 atom stereocenters. The van der Waals surface area contributed by atoms with E-state index in [2.05, 4.69) is 15.5 Å². The lowest BCUT2D eigenvalue weighted by molar-refractivity contribution is 0.122. The van der Waals surface area contributed by atoms with Gasteiger partial charge in [-0.3, -0.25) is 0 Å². The number of benzene rings is 1. The Morgan fingerprint density at radius 3 is 2.36 bits per heavy atom. The molecular weight excluding hydrogens is 482 g/mol. The van der Waals surface area contributed by atoms with Gasteiger partial charge in [0, 0.05) is 36.7 Å². The zero-order valence-corrected chi connectivity index (χ0v) is 21.9. The number of aromatic nitrogens is 2. The Labute approximate surface area is 212 Å². The van der Waals surface area contributed by atoms with Crippen molar-refractivity contribution in [2.75, 3.05) is 49.4 Å². The Hall–Kier alpha value is -2.76. The van der Waals surface area contributed by atoms with Crippen molar-refractivity contribution in [2.45, 2.75) is 49.8 Å². The van der Waals surface area contributed by atoms with E-state index in [0.29, 0.717) is 62.2 Å². The lowest BCUT2D eigenvalue weighted by Gasteiger charge is -2.31. The zero-order chi connectivity index (χ0) is 26.0. The Bertz CT molecular complexity index is 1190. The van der Waals surface area contributed by atoms with Crippen LogP contribution in [-0.4, -0.2) is 74.2 Å². The summed E-state index contributed by atoms with van der Waals surface area (Å²) in [6, 6.07) is 8.50. The van der Waals surface area contributed by atoms with Crippen LogP contribution in [0.5, 0.6) is 0 Å². The van der Waals surface area contributed by atoms with Crippen molar-refractivity contribution in [1.82, 2.24) is 15.3 Å². The number of nitrogens with one attached hydrogen (secondary N) is 2. The van der Waals surface area contributed by atoms with Crippen LogP contribution in [0.15, 0.2) is 30.3 Å². The fourth-order valence-corrected chi connectivity index (χ4v) is 6.24. The Morgan fingerprint density at radius 2 is 1.78 bits per heavy atom. The summed E-state index contributed by atoms with van der Waals surface area (Å²) in [5, 5.41) is 14.8. The third-order valence-electron chi connectivity index (χ3n) is 6.88. The van der Waals surface area contributed by atoms with Gasteiger partial charge in [-0.1, -0.05) is 12.8 Å². The van der Waals surface area contributed by atoms with E-state index < -0.39 is 26.2 Å². The molecule has 4 rings (SSSR count). The largest absolute Gasteiger partial charge is 0.394 e. The highest BCUT2D eigenvalue weighted by Gasteiger charge is 2.46. The number of carbonyl (C=O) groups is 1. The summed E-state index contributed by atoms with van der Waals surface area (Å²) in [7, 11) is -3.41. The van der Waals surface area contributed by atoms with Gasteiger partial charge in [0.25, 0.3) is 0 Å². The van der Waals surface area contributed by atoms with Crippen molar-refractivity contribution < 1.29 is 23.1 Å². The molecule has 2 fully saturated rings. The number of hydrogen-bond acceptors (Lipinski definition) is 8. The number of aliphatic hydroxyl groups excluding tert-OH is 1. The minimum Gasteiger partial charge on any atom is -0.394 e. The lowest BCUT2D eigenvalue weighted by Crippen LogP contribution is -2.48. The van der Waals surface area contributed by atoms with Gasteiger partial charge in [-0.2, -0.15) is 0 Å². The van der Waals surface area contributed by atoms with Crippen molar-refractivity contribution in [3.63, 3.8) is 0 Å². The van der Waals surface area contributed by atoms with Crippen LogP contribution in [0.3, 0.4) is 0 Å². The number of amides is 2. The molecule has 0 unspecified atom stereocenters. The van der Waals surface area contributed by atoms with Gasteiger partial charge in [0.2, 0.25) is 0 Å². The number of urea groups is 1. The molecule has 10 nitrogen and oxygen atoms in total. The van der Waals surface area contributed by atoms with E-state index in [4.69, 9.17) is 14.7 Å². The summed E-state index contributed by atoms with van der Waals surface area (Å²) < 4.78 is 30.5. The first-order chi connectivity index (χ1) is 17.0. The molecule has 1 saturated heterocycles. The number of rotatable bonds is 7. The van der Waals surface area contributed by atoms with Crippen LogP contribution >= 0.6 is 0 Å². The monoisotopic (exact) mass is 517 g/mol. The zero-order valence-electron chi connectivity index (χ0n) is 21.1. The van der Waals surface area contributed by atoms with Crippen LogP contribution in [0.4, 0.5) is 16.3 Å². The summed E-state index contributed by atoms with van der Waals surface area (Å²) in [6.45, 7) is 5.77. The molecule has 0 bridgehead atoms. The second-order valence-corrected chi connectivity index (χ2v) is 12.5. The minimum atomic E-state index is -3.41. The highest BCUT2D eigenvalue weighted by atomic mass is 32.2. The van der Waals surface area contributed by atoms with E-state index in [0.717, 1.165) is 18.4 Å². The van der Waals surface area contributed by atoms with Crippen molar-refractivity contribution >= 4 is 27.4 Å². The van der Waals surface area contributed by atoms with Gasteiger partial charge >= 0.3 is 6.03 Å². The summed E-state index contributed by atoms with van der Waals surface area (Å²) >= 11 is 0. The summed E-state index contributed by atoms with van der Waals surface area (Å²) in [4.78, 5) is 23.9. The van der Waals surface area contributed by atoms with Crippen molar-refractivity contribution in [2.24, 2.45) is 0 Å². The molecule has 2 aliphatic rings.